The van der Waals surface area contributed by atoms with Gasteiger partial charge in [0.1, 0.15) is 5.78 Å². The van der Waals surface area contributed by atoms with Crippen LogP contribution in [0.4, 0.5) is 0 Å². The van der Waals surface area contributed by atoms with Gasteiger partial charge < -0.3 is 19.2 Å². The maximum Gasteiger partial charge on any atom is 0.332 e. The van der Waals surface area contributed by atoms with E-state index in [0.717, 1.165) is 36.8 Å². The molecule has 1 aromatic heterocycles. The average Bonchev–Trinajstić information content (AvgIpc) is 3.79. The molecule has 2 fully saturated rings. The van der Waals surface area contributed by atoms with Crippen LogP contribution in [-0.2, 0) is 22.6 Å². The van der Waals surface area contributed by atoms with Gasteiger partial charge >= 0.3 is 5.69 Å². The summed E-state index contributed by atoms with van der Waals surface area (Å²) in [6, 6.07) is 10.6. The van der Waals surface area contributed by atoms with Crippen molar-refractivity contribution in [2.24, 2.45) is 5.92 Å². The molecule has 9 heteroatoms. The molecule has 9 nitrogen and oxygen atoms in total. The molecule has 1 saturated carbocycles. The molecule has 1 atom stereocenters. The van der Waals surface area contributed by atoms with E-state index in [1.165, 1.54) is 11.7 Å². The van der Waals surface area contributed by atoms with Crippen LogP contribution < -0.4 is 20.7 Å². The molecule has 1 amide bonds. The summed E-state index contributed by atoms with van der Waals surface area (Å²) in [6.45, 7) is 2.75. The van der Waals surface area contributed by atoms with Crippen LogP contribution >= 0.6 is 0 Å². The van der Waals surface area contributed by atoms with Crippen molar-refractivity contribution in [1.82, 2.24) is 14.0 Å². The first-order valence-corrected chi connectivity index (χ1v) is 13.6. The van der Waals surface area contributed by atoms with Gasteiger partial charge in [-0.3, -0.25) is 18.7 Å². The van der Waals surface area contributed by atoms with Gasteiger partial charge in [0.05, 0.1) is 37.7 Å². The lowest BCUT2D eigenvalue weighted by Crippen LogP contribution is -2.47. The Kier molecular flexibility index (Phi) is 7.59. The van der Waals surface area contributed by atoms with Crippen LogP contribution in [0.3, 0.4) is 0 Å². The van der Waals surface area contributed by atoms with Crippen LogP contribution in [0.1, 0.15) is 56.2 Å². The van der Waals surface area contributed by atoms with Crippen molar-refractivity contribution in [3.63, 3.8) is 0 Å². The first-order chi connectivity index (χ1) is 18.8. The first kappa shape index (κ1) is 26.7. The number of hydrogen-bond donors (Lipinski definition) is 0. The van der Waals surface area contributed by atoms with E-state index in [9.17, 15) is 19.2 Å². The number of fused-ring (bicyclic) bond motifs is 1. The van der Waals surface area contributed by atoms with E-state index >= 15 is 0 Å². The van der Waals surface area contributed by atoms with Gasteiger partial charge in [0.2, 0.25) is 5.91 Å². The van der Waals surface area contributed by atoms with Crippen molar-refractivity contribution < 1.29 is 19.1 Å². The third kappa shape index (κ3) is 5.48. The van der Waals surface area contributed by atoms with Gasteiger partial charge in [-0.15, -0.1) is 0 Å². The average molecular weight is 534 g/mol. The summed E-state index contributed by atoms with van der Waals surface area (Å²) in [6.07, 6.45) is 4.30. The number of aromatic nitrogens is 2. The molecular formula is C30H35N3O6. The SMILES string of the molecule is COc1ccc(Cn2c(=O)c3cc(CCC(C)=O)ccc3n(C3CCCN(C(=O)C4CC4)C3)c2=O)cc1OC. The number of methoxy groups -OCH3 is 2. The fourth-order valence-corrected chi connectivity index (χ4v) is 5.51. The van der Waals surface area contributed by atoms with Crippen LogP contribution in [0.5, 0.6) is 11.5 Å². The van der Waals surface area contributed by atoms with E-state index in [1.54, 1.807) is 36.8 Å². The second-order valence-corrected chi connectivity index (χ2v) is 10.6. The predicted molar refractivity (Wildman–Crippen MR) is 148 cm³/mol. The molecule has 0 radical (unpaired) electrons. The molecule has 1 saturated heterocycles. The molecule has 2 aliphatic rings. The van der Waals surface area contributed by atoms with Crippen LogP contribution in [0.15, 0.2) is 46.0 Å². The zero-order chi connectivity index (χ0) is 27.7. The van der Waals surface area contributed by atoms with Crippen LogP contribution in [0.2, 0.25) is 0 Å². The summed E-state index contributed by atoms with van der Waals surface area (Å²) in [5, 5.41) is 0.432. The fourth-order valence-electron chi connectivity index (χ4n) is 5.51. The summed E-state index contributed by atoms with van der Waals surface area (Å²) in [7, 11) is 3.09. The fraction of sp³-hybridized carbons (Fsp3) is 0.467. The van der Waals surface area contributed by atoms with Crippen molar-refractivity contribution in [2.45, 2.75) is 58.0 Å². The van der Waals surface area contributed by atoms with E-state index in [2.05, 4.69) is 0 Å². The minimum Gasteiger partial charge on any atom is -0.493 e. The van der Waals surface area contributed by atoms with E-state index in [0.29, 0.717) is 48.3 Å². The Bertz CT molecular complexity index is 1530. The number of carbonyl (C=O) groups is 2. The van der Waals surface area contributed by atoms with Gasteiger partial charge in [-0.05, 0) is 74.4 Å². The van der Waals surface area contributed by atoms with Gasteiger partial charge in [0.15, 0.2) is 11.5 Å². The van der Waals surface area contributed by atoms with Gasteiger partial charge in [-0.25, -0.2) is 4.79 Å². The lowest BCUT2D eigenvalue weighted by atomic mass is 10.0. The molecule has 206 valence electrons. The summed E-state index contributed by atoms with van der Waals surface area (Å²) in [5.74, 6) is 1.43. The number of carbonyl (C=O) groups excluding carboxylic acids is 2. The Morgan fingerprint density at radius 2 is 1.69 bits per heavy atom. The Labute approximate surface area is 226 Å². The highest BCUT2D eigenvalue weighted by atomic mass is 16.5. The number of Topliss-reactive ketones (excluding diaryl/α,β-unsaturated/α-hetero) is 1. The predicted octanol–water partition coefficient (Wildman–Crippen LogP) is 3.32. The lowest BCUT2D eigenvalue weighted by molar-refractivity contribution is -0.134. The normalized spacial score (nSPS) is 17.3. The monoisotopic (exact) mass is 533 g/mol. The second kappa shape index (κ2) is 11.1. The molecule has 5 rings (SSSR count). The van der Waals surface area contributed by atoms with Gasteiger partial charge in [0.25, 0.3) is 5.56 Å². The number of likely N-dealkylation sites (tertiary alicyclic amines) is 1. The minimum absolute atomic E-state index is 0.0586. The molecule has 2 heterocycles. The molecule has 1 aliphatic heterocycles. The second-order valence-electron chi connectivity index (χ2n) is 10.6. The number of aryl methyl sites for hydroxylation is 1. The number of ether oxygens (including phenoxy) is 2. The van der Waals surface area contributed by atoms with E-state index in [1.807, 2.05) is 23.1 Å². The summed E-state index contributed by atoms with van der Waals surface area (Å²) in [5.41, 5.74) is 1.37. The highest BCUT2D eigenvalue weighted by molar-refractivity contribution is 5.82. The maximum absolute atomic E-state index is 14.0. The molecule has 2 aromatic carbocycles. The molecule has 0 N–H and O–H groups in total. The summed E-state index contributed by atoms with van der Waals surface area (Å²) < 4.78 is 13.7. The molecular weight excluding hydrogens is 498 g/mol. The molecule has 39 heavy (non-hydrogen) atoms. The minimum atomic E-state index is -0.399. The number of amides is 1. The Hall–Kier alpha value is -3.88. The largest absolute Gasteiger partial charge is 0.493 e. The smallest absolute Gasteiger partial charge is 0.332 e. The van der Waals surface area contributed by atoms with E-state index in [4.69, 9.17) is 9.47 Å². The highest BCUT2D eigenvalue weighted by Crippen LogP contribution is 2.33. The molecule has 0 spiro atoms. The third-order valence-electron chi connectivity index (χ3n) is 7.79. The summed E-state index contributed by atoms with van der Waals surface area (Å²) >= 11 is 0. The van der Waals surface area contributed by atoms with Crippen molar-refractivity contribution in [3.8, 4) is 11.5 Å². The highest BCUT2D eigenvalue weighted by Gasteiger charge is 2.36. The van der Waals surface area contributed by atoms with Crippen LogP contribution in [0.25, 0.3) is 10.9 Å². The van der Waals surface area contributed by atoms with Gasteiger partial charge in [-0.1, -0.05) is 12.1 Å². The third-order valence-corrected chi connectivity index (χ3v) is 7.79. The summed E-state index contributed by atoms with van der Waals surface area (Å²) in [4.78, 5) is 54.2. The topological polar surface area (TPSA) is 99.8 Å². The van der Waals surface area contributed by atoms with Gasteiger partial charge in [-0.2, -0.15) is 0 Å². The Balaban J connectivity index is 1.61. The first-order valence-electron chi connectivity index (χ1n) is 13.6. The molecule has 3 aromatic rings. The number of rotatable bonds is 9. The van der Waals surface area contributed by atoms with Crippen molar-refractivity contribution in [1.29, 1.82) is 0 Å². The standard InChI is InChI=1S/C30H35N3O6/c1-19(34)6-7-20-8-12-25-24(15-20)29(36)32(17-21-9-13-26(38-2)27(16-21)39-3)30(37)33(25)23-5-4-14-31(18-23)28(35)22-10-11-22/h8-9,12-13,15-16,22-23H,4-7,10-11,14,17-18H2,1-3H3. The number of nitrogens with zero attached hydrogens (tertiary/aromatic N) is 3. The van der Waals surface area contributed by atoms with Crippen LogP contribution in [0, 0.1) is 5.92 Å². The van der Waals surface area contributed by atoms with E-state index in [-0.39, 0.29) is 35.8 Å². The molecule has 1 aliphatic carbocycles. The number of hydrogen-bond acceptors (Lipinski definition) is 6. The van der Waals surface area contributed by atoms with Gasteiger partial charge in [0, 0.05) is 25.4 Å². The molecule has 0 bridgehead atoms. The lowest BCUT2D eigenvalue weighted by Gasteiger charge is -2.34. The number of piperidine rings is 1. The zero-order valence-electron chi connectivity index (χ0n) is 22.8. The Morgan fingerprint density at radius 1 is 0.949 bits per heavy atom. The zero-order valence-corrected chi connectivity index (χ0v) is 22.8. The Morgan fingerprint density at radius 3 is 2.38 bits per heavy atom. The van der Waals surface area contributed by atoms with Crippen molar-refractivity contribution in [2.75, 3.05) is 27.3 Å². The number of benzene rings is 2. The maximum atomic E-state index is 14.0. The molecule has 1 unspecified atom stereocenters. The van der Waals surface area contributed by atoms with Crippen LogP contribution in [-0.4, -0.2) is 53.0 Å². The van der Waals surface area contributed by atoms with E-state index < -0.39 is 5.69 Å². The van der Waals surface area contributed by atoms with Crippen molar-refractivity contribution >= 4 is 22.6 Å². The number of ketones is 1. The quantitative estimate of drug-likeness (QED) is 0.418. The van der Waals surface area contributed by atoms with Crippen molar-refractivity contribution in [3.05, 3.63) is 68.4 Å².